The molecule has 0 amide bonds. The second-order valence-electron chi connectivity index (χ2n) is 3.32. The van der Waals surface area contributed by atoms with Crippen LogP contribution >= 0.6 is 11.8 Å². The Morgan fingerprint density at radius 1 is 1.24 bits per heavy atom. The largest absolute Gasteiger partial charge is 0.478 e. The number of carboxylic acid groups (broad SMARTS) is 1. The Labute approximate surface area is 102 Å². The van der Waals surface area contributed by atoms with Gasteiger partial charge in [0.1, 0.15) is 0 Å². The molecule has 3 N–H and O–H groups in total. The average Bonchev–Trinajstić information content (AvgIpc) is 2.32. The van der Waals surface area contributed by atoms with Crippen LogP contribution in [0.2, 0.25) is 0 Å². The molecule has 0 fully saturated rings. The Bertz CT molecular complexity index is 558. The minimum absolute atomic E-state index is 0.272. The lowest BCUT2D eigenvalue weighted by molar-refractivity contribution is 0.0693. The second kappa shape index (κ2) is 4.88. The molecule has 0 saturated carbocycles. The van der Waals surface area contributed by atoms with Gasteiger partial charge < -0.3 is 10.8 Å². The molecule has 2 aromatic rings. The van der Waals surface area contributed by atoms with Crippen LogP contribution in [0.15, 0.2) is 52.5 Å². The molecule has 0 unspecified atom stereocenters. The number of benzene rings is 1. The molecule has 0 atom stereocenters. The highest BCUT2D eigenvalue weighted by atomic mass is 32.2. The zero-order valence-electron chi connectivity index (χ0n) is 8.83. The van der Waals surface area contributed by atoms with E-state index in [2.05, 4.69) is 4.98 Å². The highest BCUT2D eigenvalue weighted by Gasteiger charge is 2.11. The van der Waals surface area contributed by atoms with Crippen molar-refractivity contribution in [3.8, 4) is 0 Å². The van der Waals surface area contributed by atoms with E-state index in [1.807, 2.05) is 0 Å². The Morgan fingerprint density at radius 2 is 2.00 bits per heavy atom. The van der Waals surface area contributed by atoms with Crippen molar-refractivity contribution < 1.29 is 9.90 Å². The van der Waals surface area contributed by atoms with E-state index in [-0.39, 0.29) is 5.56 Å². The molecule has 0 radical (unpaired) electrons. The number of hydrogen-bond donors (Lipinski definition) is 2. The van der Waals surface area contributed by atoms with E-state index in [1.54, 1.807) is 42.7 Å². The van der Waals surface area contributed by atoms with Crippen molar-refractivity contribution in [1.82, 2.24) is 4.98 Å². The molecule has 4 nitrogen and oxygen atoms in total. The minimum atomic E-state index is -0.944. The summed E-state index contributed by atoms with van der Waals surface area (Å²) in [6.07, 6.45) is 3.17. The summed E-state index contributed by atoms with van der Waals surface area (Å²) >= 11 is 1.32. The van der Waals surface area contributed by atoms with E-state index in [9.17, 15) is 4.79 Å². The van der Waals surface area contributed by atoms with Crippen LogP contribution in [-0.2, 0) is 0 Å². The normalized spacial score (nSPS) is 10.1. The van der Waals surface area contributed by atoms with Gasteiger partial charge in [0.25, 0.3) is 0 Å². The number of pyridine rings is 1. The molecule has 5 heteroatoms. The highest BCUT2D eigenvalue weighted by Crippen LogP contribution is 2.33. The summed E-state index contributed by atoms with van der Waals surface area (Å²) < 4.78 is 0. The third-order valence-corrected chi connectivity index (χ3v) is 3.32. The van der Waals surface area contributed by atoms with Gasteiger partial charge in [0.15, 0.2) is 0 Å². The van der Waals surface area contributed by atoms with Crippen LogP contribution < -0.4 is 5.73 Å². The van der Waals surface area contributed by atoms with Gasteiger partial charge in [-0.2, -0.15) is 0 Å². The van der Waals surface area contributed by atoms with Gasteiger partial charge in [0, 0.05) is 16.0 Å². The van der Waals surface area contributed by atoms with E-state index in [1.165, 1.54) is 11.8 Å². The lowest BCUT2D eigenvalue weighted by atomic mass is 10.2. The number of nitrogens with zero attached hydrogens (tertiary/aromatic N) is 1. The van der Waals surface area contributed by atoms with E-state index in [4.69, 9.17) is 10.8 Å². The molecule has 0 aliphatic heterocycles. The van der Waals surface area contributed by atoms with E-state index in [0.717, 1.165) is 4.90 Å². The number of aromatic nitrogens is 1. The molecule has 1 heterocycles. The second-order valence-corrected chi connectivity index (χ2v) is 4.40. The summed E-state index contributed by atoms with van der Waals surface area (Å²) in [6.45, 7) is 0. The van der Waals surface area contributed by atoms with Crippen LogP contribution in [0.3, 0.4) is 0 Å². The van der Waals surface area contributed by atoms with Crippen molar-refractivity contribution in [2.45, 2.75) is 9.79 Å². The van der Waals surface area contributed by atoms with Crippen LogP contribution in [0, 0.1) is 0 Å². The molecule has 0 bridgehead atoms. The predicted molar refractivity (Wildman–Crippen MR) is 66.2 cm³/mol. The minimum Gasteiger partial charge on any atom is -0.478 e. The number of anilines is 1. The molecule has 86 valence electrons. The smallest absolute Gasteiger partial charge is 0.336 e. The zero-order chi connectivity index (χ0) is 12.3. The molecule has 0 aliphatic rings. The van der Waals surface area contributed by atoms with Gasteiger partial charge in [-0.05, 0) is 18.2 Å². The maximum absolute atomic E-state index is 11.0. The van der Waals surface area contributed by atoms with E-state index >= 15 is 0 Å². The summed E-state index contributed by atoms with van der Waals surface area (Å²) in [4.78, 5) is 16.4. The first-order valence-electron chi connectivity index (χ1n) is 4.88. The summed E-state index contributed by atoms with van der Waals surface area (Å²) in [6, 6.07) is 8.59. The van der Waals surface area contributed by atoms with Crippen molar-refractivity contribution in [3.63, 3.8) is 0 Å². The van der Waals surface area contributed by atoms with E-state index < -0.39 is 5.97 Å². The maximum Gasteiger partial charge on any atom is 0.336 e. The standard InChI is InChI=1S/C12H10N2O2S/c13-9-7-14-6-5-11(9)17-10-4-2-1-3-8(10)12(15)16/h1-7H,13H2,(H,15,16). The molecule has 1 aromatic heterocycles. The number of nitrogens with two attached hydrogens (primary N) is 1. The lowest BCUT2D eigenvalue weighted by Gasteiger charge is -2.06. The number of nitrogen functional groups attached to an aromatic ring is 1. The molecular formula is C12H10N2O2S. The number of carbonyl (C=O) groups is 1. The topological polar surface area (TPSA) is 76.2 Å². The van der Waals surface area contributed by atoms with Crippen LogP contribution in [0.4, 0.5) is 5.69 Å². The Hall–Kier alpha value is -2.01. The van der Waals surface area contributed by atoms with E-state index in [0.29, 0.717) is 10.6 Å². The predicted octanol–water partition coefficient (Wildman–Crippen LogP) is 2.51. The first-order chi connectivity index (χ1) is 8.18. The Kier molecular flexibility index (Phi) is 3.30. The molecule has 17 heavy (non-hydrogen) atoms. The summed E-state index contributed by atoms with van der Waals surface area (Å²) in [5.41, 5.74) is 6.58. The van der Waals surface area contributed by atoms with Gasteiger partial charge >= 0.3 is 5.97 Å². The van der Waals surface area contributed by atoms with Gasteiger partial charge in [-0.3, -0.25) is 4.98 Å². The fourth-order valence-electron chi connectivity index (χ4n) is 1.34. The summed E-state index contributed by atoms with van der Waals surface area (Å²) in [7, 11) is 0. The number of aromatic carboxylic acids is 1. The molecule has 2 rings (SSSR count). The van der Waals surface area contributed by atoms with Crippen molar-refractivity contribution in [2.24, 2.45) is 0 Å². The number of carboxylic acids is 1. The monoisotopic (exact) mass is 246 g/mol. The first-order valence-corrected chi connectivity index (χ1v) is 5.70. The Morgan fingerprint density at radius 3 is 2.71 bits per heavy atom. The summed E-state index contributed by atoms with van der Waals surface area (Å²) in [5, 5.41) is 9.06. The van der Waals surface area contributed by atoms with Gasteiger partial charge in [-0.25, -0.2) is 4.79 Å². The molecule has 1 aromatic carbocycles. The molecule has 0 saturated heterocycles. The molecule has 0 aliphatic carbocycles. The fraction of sp³-hybridized carbons (Fsp3) is 0. The maximum atomic E-state index is 11.0. The van der Waals surface area contributed by atoms with Gasteiger partial charge in [0.05, 0.1) is 17.4 Å². The van der Waals surface area contributed by atoms with Gasteiger partial charge in [0.2, 0.25) is 0 Å². The van der Waals surface area contributed by atoms with Crippen molar-refractivity contribution in [1.29, 1.82) is 0 Å². The van der Waals surface area contributed by atoms with Crippen LogP contribution in [0.5, 0.6) is 0 Å². The molecular weight excluding hydrogens is 236 g/mol. The first kappa shape index (κ1) is 11.5. The fourth-order valence-corrected chi connectivity index (χ4v) is 2.29. The number of rotatable bonds is 3. The highest BCUT2D eigenvalue weighted by molar-refractivity contribution is 7.99. The van der Waals surface area contributed by atoms with Crippen LogP contribution in [-0.4, -0.2) is 16.1 Å². The number of hydrogen-bond acceptors (Lipinski definition) is 4. The lowest BCUT2D eigenvalue weighted by Crippen LogP contribution is -1.98. The zero-order valence-corrected chi connectivity index (χ0v) is 9.65. The van der Waals surface area contributed by atoms with Crippen molar-refractivity contribution in [2.75, 3.05) is 5.73 Å². The van der Waals surface area contributed by atoms with Crippen molar-refractivity contribution >= 4 is 23.4 Å². The van der Waals surface area contributed by atoms with Crippen LogP contribution in [0.1, 0.15) is 10.4 Å². The van der Waals surface area contributed by atoms with Crippen LogP contribution in [0.25, 0.3) is 0 Å². The quantitative estimate of drug-likeness (QED) is 0.870. The van der Waals surface area contributed by atoms with Gasteiger partial charge in [-0.15, -0.1) is 0 Å². The summed E-state index contributed by atoms with van der Waals surface area (Å²) in [5.74, 6) is -0.944. The SMILES string of the molecule is Nc1cnccc1Sc1ccccc1C(=O)O. The van der Waals surface area contributed by atoms with Gasteiger partial charge in [-0.1, -0.05) is 23.9 Å². The Balaban J connectivity index is 2.37. The third-order valence-electron chi connectivity index (χ3n) is 2.15. The average molecular weight is 246 g/mol. The third kappa shape index (κ3) is 2.57. The van der Waals surface area contributed by atoms with Crippen molar-refractivity contribution in [3.05, 3.63) is 48.3 Å². The molecule has 0 spiro atoms.